The number of benzene rings is 3. The largest absolute Gasteiger partial charge is 0.344 e. The fraction of sp³-hybridized carbons (Fsp3) is 0.214. The molecule has 4 nitrogen and oxygen atoms in total. The lowest BCUT2D eigenvalue weighted by molar-refractivity contribution is 0.0931. The predicted molar refractivity (Wildman–Crippen MR) is 131 cm³/mol. The molecule has 0 radical (unpaired) electrons. The highest BCUT2D eigenvalue weighted by molar-refractivity contribution is 6.00. The van der Waals surface area contributed by atoms with E-state index in [4.69, 9.17) is 4.98 Å². The van der Waals surface area contributed by atoms with Gasteiger partial charge in [0.2, 0.25) is 0 Å². The van der Waals surface area contributed by atoms with Crippen molar-refractivity contribution in [3.8, 4) is 22.6 Å². The Morgan fingerprint density at radius 3 is 2.09 bits per heavy atom. The van der Waals surface area contributed by atoms with Crippen LogP contribution in [0.25, 0.3) is 22.6 Å². The van der Waals surface area contributed by atoms with Gasteiger partial charge in [0, 0.05) is 17.7 Å². The number of aromatic nitrogens is 2. The molecular formula is C28H29N3O. The quantitative estimate of drug-likeness (QED) is 0.393. The standard InChI is InChI=1S/C28H29N3O/c1-5-31-26(28(32)29-21(4)22-12-8-6-9-13-22)25(24-17-19(2)16-20(3)18-24)30-27(31)23-14-10-7-11-15-23/h6-18,21H,5H2,1-4H3,(H,29,32). The molecule has 32 heavy (non-hydrogen) atoms. The van der Waals surface area contributed by atoms with E-state index in [1.165, 1.54) is 0 Å². The van der Waals surface area contributed by atoms with E-state index >= 15 is 0 Å². The molecule has 1 atom stereocenters. The SMILES string of the molecule is CCn1c(-c2ccccc2)nc(-c2cc(C)cc(C)c2)c1C(=O)NC(C)c1ccccc1. The van der Waals surface area contributed by atoms with Crippen LogP contribution in [0.5, 0.6) is 0 Å². The summed E-state index contributed by atoms with van der Waals surface area (Å²) in [5.41, 5.74) is 6.64. The second kappa shape index (κ2) is 9.23. The molecule has 0 bridgehead atoms. The van der Waals surface area contributed by atoms with Crippen LogP contribution in [0.15, 0.2) is 78.9 Å². The third-order valence-electron chi connectivity index (χ3n) is 5.67. The summed E-state index contributed by atoms with van der Waals surface area (Å²) in [5.74, 6) is 0.687. The van der Waals surface area contributed by atoms with Gasteiger partial charge in [0.25, 0.3) is 5.91 Å². The molecule has 4 rings (SSSR count). The van der Waals surface area contributed by atoms with Crippen LogP contribution in [0.4, 0.5) is 0 Å². The molecule has 162 valence electrons. The monoisotopic (exact) mass is 423 g/mol. The summed E-state index contributed by atoms with van der Waals surface area (Å²) in [4.78, 5) is 18.7. The van der Waals surface area contributed by atoms with Crippen molar-refractivity contribution in [2.24, 2.45) is 0 Å². The fourth-order valence-electron chi connectivity index (χ4n) is 4.20. The average Bonchev–Trinajstić information content (AvgIpc) is 3.19. The molecule has 0 spiro atoms. The van der Waals surface area contributed by atoms with E-state index < -0.39 is 0 Å². The van der Waals surface area contributed by atoms with E-state index in [1.54, 1.807) is 0 Å². The van der Waals surface area contributed by atoms with Gasteiger partial charge in [-0.15, -0.1) is 0 Å². The van der Waals surface area contributed by atoms with Gasteiger partial charge in [-0.25, -0.2) is 4.98 Å². The number of rotatable bonds is 6. The zero-order valence-corrected chi connectivity index (χ0v) is 19.1. The summed E-state index contributed by atoms with van der Waals surface area (Å²) >= 11 is 0. The molecule has 1 unspecified atom stereocenters. The van der Waals surface area contributed by atoms with E-state index in [1.807, 2.05) is 72.2 Å². The van der Waals surface area contributed by atoms with Gasteiger partial charge in [0.15, 0.2) is 0 Å². The Morgan fingerprint density at radius 2 is 1.50 bits per heavy atom. The van der Waals surface area contributed by atoms with Crippen LogP contribution < -0.4 is 5.32 Å². The van der Waals surface area contributed by atoms with Gasteiger partial charge < -0.3 is 9.88 Å². The second-order valence-electron chi connectivity index (χ2n) is 8.23. The number of nitrogens with zero attached hydrogens (tertiary/aromatic N) is 2. The molecule has 1 heterocycles. The summed E-state index contributed by atoms with van der Waals surface area (Å²) in [6, 6.07) is 26.3. The van der Waals surface area contributed by atoms with Crippen molar-refractivity contribution in [3.05, 3.63) is 101 Å². The first kappa shape index (κ1) is 21.6. The Balaban J connectivity index is 1.85. The van der Waals surface area contributed by atoms with Crippen LogP contribution in [-0.4, -0.2) is 15.5 Å². The van der Waals surface area contributed by atoms with Gasteiger partial charge in [-0.2, -0.15) is 0 Å². The van der Waals surface area contributed by atoms with Crippen LogP contribution in [-0.2, 0) is 6.54 Å². The van der Waals surface area contributed by atoms with Crippen LogP contribution in [0.1, 0.15) is 47.1 Å². The van der Waals surface area contributed by atoms with Gasteiger partial charge in [0.05, 0.1) is 6.04 Å². The van der Waals surface area contributed by atoms with Gasteiger partial charge >= 0.3 is 0 Å². The van der Waals surface area contributed by atoms with E-state index in [0.717, 1.165) is 39.3 Å². The van der Waals surface area contributed by atoms with Crippen LogP contribution in [0, 0.1) is 13.8 Å². The number of aryl methyl sites for hydroxylation is 2. The van der Waals surface area contributed by atoms with E-state index in [0.29, 0.717) is 12.2 Å². The lowest BCUT2D eigenvalue weighted by atomic mass is 10.0. The number of carbonyl (C=O) groups excluding carboxylic acids is 1. The van der Waals surface area contributed by atoms with Crippen molar-refractivity contribution in [1.82, 2.24) is 14.9 Å². The normalized spacial score (nSPS) is 11.9. The highest BCUT2D eigenvalue weighted by atomic mass is 16.2. The zero-order chi connectivity index (χ0) is 22.7. The lowest BCUT2D eigenvalue weighted by Gasteiger charge is -2.16. The summed E-state index contributed by atoms with van der Waals surface area (Å²) < 4.78 is 2.02. The van der Waals surface area contributed by atoms with Crippen molar-refractivity contribution in [1.29, 1.82) is 0 Å². The second-order valence-corrected chi connectivity index (χ2v) is 8.23. The van der Waals surface area contributed by atoms with E-state index in [-0.39, 0.29) is 11.9 Å². The average molecular weight is 424 g/mol. The number of nitrogens with one attached hydrogen (secondary N) is 1. The number of hydrogen-bond acceptors (Lipinski definition) is 2. The maximum Gasteiger partial charge on any atom is 0.270 e. The lowest BCUT2D eigenvalue weighted by Crippen LogP contribution is -2.29. The predicted octanol–water partition coefficient (Wildman–Crippen LogP) is 6.34. The van der Waals surface area contributed by atoms with Crippen molar-refractivity contribution >= 4 is 5.91 Å². The topological polar surface area (TPSA) is 46.9 Å². The van der Waals surface area contributed by atoms with E-state index in [9.17, 15) is 4.79 Å². The number of hydrogen-bond donors (Lipinski definition) is 1. The van der Waals surface area contributed by atoms with Crippen molar-refractivity contribution < 1.29 is 4.79 Å². The minimum absolute atomic E-state index is 0.115. The van der Waals surface area contributed by atoms with Crippen molar-refractivity contribution in [2.75, 3.05) is 0 Å². The number of imidazole rings is 1. The maximum atomic E-state index is 13.6. The van der Waals surface area contributed by atoms with Gasteiger partial charge in [-0.1, -0.05) is 77.9 Å². The summed E-state index contributed by atoms with van der Waals surface area (Å²) in [5, 5.41) is 3.19. The Labute approximate surface area is 190 Å². The summed E-state index contributed by atoms with van der Waals surface area (Å²) in [6.45, 7) is 8.85. The van der Waals surface area contributed by atoms with Gasteiger partial charge in [-0.3, -0.25) is 4.79 Å². The zero-order valence-electron chi connectivity index (χ0n) is 19.1. The molecular weight excluding hydrogens is 394 g/mol. The van der Waals surface area contributed by atoms with Gasteiger partial charge in [-0.05, 0) is 45.4 Å². The molecule has 4 heteroatoms. The van der Waals surface area contributed by atoms with E-state index in [2.05, 4.69) is 44.3 Å². The molecule has 0 aliphatic rings. The maximum absolute atomic E-state index is 13.6. The molecule has 0 aliphatic heterocycles. The Bertz CT molecular complexity index is 1210. The molecule has 0 saturated heterocycles. The molecule has 0 saturated carbocycles. The van der Waals surface area contributed by atoms with Gasteiger partial charge in [0.1, 0.15) is 17.2 Å². The molecule has 1 amide bonds. The third kappa shape index (κ3) is 4.35. The fourth-order valence-corrected chi connectivity index (χ4v) is 4.20. The molecule has 1 aromatic heterocycles. The Morgan fingerprint density at radius 1 is 0.906 bits per heavy atom. The molecule has 0 fully saturated rings. The minimum atomic E-state index is -0.118. The minimum Gasteiger partial charge on any atom is -0.344 e. The Kier molecular flexibility index (Phi) is 6.22. The third-order valence-corrected chi connectivity index (χ3v) is 5.67. The van der Waals surface area contributed by atoms with Crippen LogP contribution in [0.2, 0.25) is 0 Å². The number of amides is 1. The summed E-state index contributed by atoms with van der Waals surface area (Å²) in [7, 11) is 0. The molecule has 4 aromatic rings. The summed E-state index contributed by atoms with van der Waals surface area (Å²) in [6.07, 6.45) is 0. The van der Waals surface area contributed by atoms with Crippen LogP contribution in [0.3, 0.4) is 0 Å². The Hall–Kier alpha value is -3.66. The number of carbonyl (C=O) groups is 1. The molecule has 1 N–H and O–H groups in total. The smallest absolute Gasteiger partial charge is 0.270 e. The molecule has 0 aliphatic carbocycles. The molecule has 3 aromatic carbocycles. The first-order valence-corrected chi connectivity index (χ1v) is 11.1. The highest BCUT2D eigenvalue weighted by Crippen LogP contribution is 2.31. The van der Waals surface area contributed by atoms with Crippen molar-refractivity contribution in [2.45, 2.75) is 40.3 Å². The van der Waals surface area contributed by atoms with Crippen molar-refractivity contribution in [3.63, 3.8) is 0 Å². The highest BCUT2D eigenvalue weighted by Gasteiger charge is 2.25. The van der Waals surface area contributed by atoms with Crippen LogP contribution >= 0.6 is 0 Å². The first-order chi connectivity index (χ1) is 15.5. The first-order valence-electron chi connectivity index (χ1n) is 11.1.